The number of aliphatic hydroxyl groups excluding tert-OH is 1. The van der Waals surface area contributed by atoms with Gasteiger partial charge in [-0.2, -0.15) is 0 Å². The van der Waals surface area contributed by atoms with E-state index in [-0.39, 0.29) is 29.3 Å². The molecule has 1 unspecified atom stereocenters. The summed E-state index contributed by atoms with van der Waals surface area (Å²) in [6.45, 7) is 6.47. The molecule has 0 saturated heterocycles. The summed E-state index contributed by atoms with van der Waals surface area (Å²) in [5, 5.41) is 11.8. The number of halogens is 2. The van der Waals surface area contributed by atoms with Crippen LogP contribution in [-0.2, 0) is 9.53 Å². The average Bonchev–Trinajstić information content (AvgIpc) is 3.22. The Morgan fingerprint density at radius 1 is 1.25 bits per heavy atom. The van der Waals surface area contributed by atoms with Gasteiger partial charge in [-0.15, -0.1) is 0 Å². The van der Waals surface area contributed by atoms with Crippen LogP contribution in [0.1, 0.15) is 31.9 Å². The third kappa shape index (κ3) is 3.86. The fourth-order valence-corrected chi connectivity index (χ4v) is 4.02. The van der Waals surface area contributed by atoms with Crippen molar-refractivity contribution in [1.82, 2.24) is 4.98 Å². The quantitative estimate of drug-likeness (QED) is 0.687. The van der Waals surface area contributed by atoms with Crippen LogP contribution in [0.2, 0.25) is 0 Å². The molecule has 2 aliphatic rings. The lowest BCUT2D eigenvalue weighted by Crippen LogP contribution is -2.26. The summed E-state index contributed by atoms with van der Waals surface area (Å²) in [6, 6.07) is 5.78. The van der Waals surface area contributed by atoms with Crippen LogP contribution < -0.4 is 10.2 Å². The first kappa shape index (κ1) is 22.0. The van der Waals surface area contributed by atoms with Gasteiger partial charge < -0.3 is 20.1 Å². The Kier molecular flexibility index (Phi) is 5.50. The lowest BCUT2D eigenvalue weighted by Gasteiger charge is -2.24. The van der Waals surface area contributed by atoms with E-state index in [1.807, 2.05) is 44.9 Å². The van der Waals surface area contributed by atoms with Gasteiger partial charge in [0.2, 0.25) is 0 Å². The van der Waals surface area contributed by atoms with E-state index in [1.165, 1.54) is 0 Å². The summed E-state index contributed by atoms with van der Waals surface area (Å²) in [5.74, 6) is -1.33. The fourth-order valence-electron chi connectivity index (χ4n) is 4.02. The van der Waals surface area contributed by atoms with Crippen molar-refractivity contribution >= 4 is 28.6 Å². The van der Waals surface area contributed by atoms with Gasteiger partial charge in [-0.3, -0.25) is 4.79 Å². The predicted octanol–water partition coefficient (Wildman–Crippen LogP) is 3.98. The van der Waals surface area contributed by atoms with Crippen molar-refractivity contribution in [1.29, 1.82) is 0 Å². The molecule has 0 radical (unpaired) electrons. The number of fused-ring (bicyclic) bond motifs is 1. The second-order valence-electron chi connectivity index (χ2n) is 8.75. The minimum Gasteiger partial charge on any atom is -0.482 e. The largest absolute Gasteiger partial charge is 0.482 e. The molecule has 3 heterocycles. The first-order valence-electron chi connectivity index (χ1n) is 10.4. The third-order valence-electron chi connectivity index (χ3n) is 5.69. The summed E-state index contributed by atoms with van der Waals surface area (Å²) in [6.07, 6.45) is 3.48. The Hall–Kier alpha value is -3.26. The number of aliphatic hydroxyl groups is 1. The highest BCUT2D eigenvalue weighted by atomic mass is 19.2. The summed E-state index contributed by atoms with van der Waals surface area (Å²) in [5.41, 5.74) is 1.53. The van der Waals surface area contributed by atoms with E-state index in [0.29, 0.717) is 12.3 Å². The van der Waals surface area contributed by atoms with Gasteiger partial charge in [-0.25, -0.2) is 13.8 Å². The van der Waals surface area contributed by atoms with Crippen LogP contribution in [0.15, 0.2) is 42.3 Å². The molecule has 32 heavy (non-hydrogen) atoms. The molecular formula is C24H25F2N3O3. The zero-order valence-corrected chi connectivity index (χ0v) is 18.4. The lowest BCUT2D eigenvalue weighted by atomic mass is 9.93. The van der Waals surface area contributed by atoms with E-state index in [9.17, 15) is 18.7 Å². The molecule has 0 fully saturated rings. The number of aromatic nitrogens is 1. The minimum absolute atomic E-state index is 0.103. The Morgan fingerprint density at radius 3 is 2.62 bits per heavy atom. The van der Waals surface area contributed by atoms with Crippen molar-refractivity contribution < 1.29 is 23.4 Å². The molecule has 2 aliphatic heterocycles. The van der Waals surface area contributed by atoms with E-state index in [2.05, 4.69) is 10.3 Å². The van der Waals surface area contributed by atoms with Gasteiger partial charge >= 0.3 is 0 Å². The molecule has 0 saturated carbocycles. The summed E-state index contributed by atoms with van der Waals surface area (Å²) >= 11 is 0. The molecule has 8 heteroatoms. The molecule has 2 aromatic rings. The third-order valence-corrected chi connectivity index (χ3v) is 5.69. The highest BCUT2D eigenvalue weighted by Crippen LogP contribution is 2.44. The van der Waals surface area contributed by atoms with E-state index in [4.69, 9.17) is 4.74 Å². The lowest BCUT2D eigenvalue weighted by molar-refractivity contribution is -0.111. The number of ether oxygens (including phenoxy) is 1. The van der Waals surface area contributed by atoms with Crippen molar-refractivity contribution in [3.8, 4) is 0 Å². The Balaban J connectivity index is 1.70. The number of nitrogens with zero attached hydrogens (tertiary/aromatic N) is 2. The van der Waals surface area contributed by atoms with Gasteiger partial charge in [0.1, 0.15) is 17.2 Å². The molecule has 4 rings (SSSR count). The molecule has 1 atom stereocenters. The number of hydrogen-bond donors (Lipinski definition) is 2. The Morgan fingerprint density at radius 2 is 1.97 bits per heavy atom. The number of amides is 1. The van der Waals surface area contributed by atoms with Gasteiger partial charge in [0.25, 0.3) is 5.91 Å². The summed E-state index contributed by atoms with van der Waals surface area (Å²) < 4.78 is 33.5. The van der Waals surface area contributed by atoms with E-state index < -0.39 is 23.1 Å². The van der Waals surface area contributed by atoms with Crippen LogP contribution in [0, 0.1) is 17.6 Å². The highest BCUT2D eigenvalue weighted by Gasteiger charge is 2.38. The highest BCUT2D eigenvalue weighted by molar-refractivity contribution is 6.32. The molecule has 0 bridgehead atoms. The van der Waals surface area contributed by atoms with Crippen LogP contribution in [0.25, 0.3) is 11.1 Å². The van der Waals surface area contributed by atoms with Gasteiger partial charge in [-0.05, 0) is 44.0 Å². The second-order valence-corrected chi connectivity index (χ2v) is 8.75. The zero-order chi connectivity index (χ0) is 23.2. The number of allylic oxidation sites excluding steroid dienone is 1. The first-order chi connectivity index (χ1) is 15.1. The molecule has 6 nitrogen and oxygen atoms in total. The van der Waals surface area contributed by atoms with E-state index in [1.54, 1.807) is 12.3 Å². The van der Waals surface area contributed by atoms with Crippen LogP contribution in [0.4, 0.5) is 20.3 Å². The maximum Gasteiger partial charge on any atom is 0.260 e. The molecule has 0 aliphatic carbocycles. The monoisotopic (exact) mass is 441 g/mol. The van der Waals surface area contributed by atoms with Gasteiger partial charge in [-0.1, -0.05) is 6.92 Å². The molecule has 2 N–H and O–H groups in total. The maximum absolute atomic E-state index is 13.8. The Labute approximate surface area is 185 Å². The van der Waals surface area contributed by atoms with Crippen LogP contribution in [-0.4, -0.2) is 41.8 Å². The van der Waals surface area contributed by atoms with Gasteiger partial charge in [0, 0.05) is 49.2 Å². The summed E-state index contributed by atoms with van der Waals surface area (Å²) in [7, 11) is 1.91. The van der Waals surface area contributed by atoms with Crippen molar-refractivity contribution in [2.24, 2.45) is 5.92 Å². The number of hydrogen-bond acceptors (Lipinski definition) is 5. The minimum atomic E-state index is -1.03. The molecular weight excluding hydrogens is 416 g/mol. The van der Waals surface area contributed by atoms with Crippen molar-refractivity contribution in [2.45, 2.75) is 26.4 Å². The molecule has 0 spiro atoms. The maximum atomic E-state index is 13.8. The van der Waals surface area contributed by atoms with Crippen LogP contribution >= 0.6 is 0 Å². The number of nitrogens with one attached hydrogen (secondary N) is 1. The smallest absolute Gasteiger partial charge is 0.260 e. The number of rotatable bonds is 5. The average molecular weight is 441 g/mol. The number of benzene rings is 1. The normalized spacial score (nSPS) is 19.8. The number of anilines is 2. The van der Waals surface area contributed by atoms with Crippen molar-refractivity contribution in [3.05, 3.63) is 65.1 Å². The number of carbonyl (C=O) groups is 1. The van der Waals surface area contributed by atoms with Crippen molar-refractivity contribution in [2.75, 3.05) is 30.4 Å². The zero-order valence-electron chi connectivity index (χ0n) is 18.4. The fraction of sp³-hybridized carbons (Fsp3) is 0.333. The first-order valence-corrected chi connectivity index (χ1v) is 10.4. The van der Waals surface area contributed by atoms with Crippen molar-refractivity contribution in [3.63, 3.8) is 0 Å². The van der Waals surface area contributed by atoms with E-state index in [0.717, 1.165) is 29.1 Å². The van der Waals surface area contributed by atoms with Gasteiger partial charge in [0.05, 0.1) is 11.3 Å². The predicted molar refractivity (Wildman–Crippen MR) is 119 cm³/mol. The molecule has 1 aromatic carbocycles. The second kappa shape index (κ2) is 8.02. The van der Waals surface area contributed by atoms with Gasteiger partial charge in [0.15, 0.2) is 11.6 Å². The summed E-state index contributed by atoms with van der Waals surface area (Å²) in [4.78, 5) is 19.1. The number of carbonyl (C=O) groups excluding carboxylic acids is 1. The van der Waals surface area contributed by atoms with Crippen LogP contribution in [0.5, 0.6) is 0 Å². The topological polar surface area (TPSA) is 74.7 Å². The standard InChI is InChI=1S/C24H25F2N3O3/c1-13(12-30)11-29(4)21-6-5-14(10-27-21)16-8-20(32-24(16,2)3)22-15-7-17(25)18(26)9-19(15)28-23(22)31/h5-10,13,30H,11-12H2,1-4H3,(H,28,31)/b22-20+. The molecule has 1 amide bonds. The molecule has 1 aromatic heterocycles. The molecule has 168 valence electrons. The SMILES string of the molecule is CC(CO)CN(C)c1ccc(C2=C/C(=C3\C(=O)Nc4cc(F)c(F)cc43)OC2(C)C)cn1. The van der Waals surface area contributed by atoms with E-state index >= 15 is 0 Å². The Bertz CT molecular complexity index is 1140. The van der Waals surface area contributed by atoms with Crippen LogP contribution in [0.3, 0.4) is 0 Å². The number of pyridine rings is 1.